The van der Waals surface area contributed by atoms with Gasteiger partial charge in [-0.2, -0.15) is 8.78 Å². The molecule has 0 aromatic heterocycles. The molecule has 0 aliphatic heterocycles. The van der Waals surface area contributed by atoms with E-state index in [9.17, 15) is 22.4 Å². The van der Waals surface area contributed by atoms with Crippen LogP contribution in [0.5, 0.6) is 0 Å². The molecule has 0 bridgehead atoms. The standard InChI is InChI=1S/C10H15F4NO/c11-8(12)10(13,14)9(16)15-7-5-3-1-2-4-6-7/h7-8H,1-6H2,(H,15,16). The van der Waals surface area contributed by atoms with Gasteiger partial charge in [0.15, 0.2) is 0 Å². The van der Waals surface area contributed by atoms with Gasteiger partial charge < -0.3 is 5.32 Å². The molecule has 1 amide bonds. The average molecular weight is 241 g/mol. The zero-order valence-electron chi connectivity index (χ0n) is 8.82. The molecule has 0 radical (unpaired) electrons. The predicted molar refractivity (Wildman–Crippen MR) is 50.6 cm³/mol. The van der Waals surface area contributed by atoms with Crippen LogP contribution < -0.4 is 5.32 Å². The Hall–Kier alpha value is -0.810. The monoisotopic (exact) mass is 241 g/mol. The molecule has 16 heavy (non-hydrogen) atoms. The van der Waals surface area contributed by atoms with E-state index in [1.54, 1.807) is 0 Å². The molecule has 1 saturated carbocycles. The number of hydrogen-bond acceptors (Lipinski definition) is 1. The number of rotatable bonds is 3. The van der Waals surface area contributed by atoms with Crippen molar-refractivity contribution in [1.82, 2.24) is 5.32 Å². The molecule has 0 aromatic rings. The molecule has 0 aromatic carbocycles. The Morgan fingerprint density at radius 1 is 1.12 bits per heavy atom. The molecular formula is C10H15F4NO. The number of carbonyl (C=O) groups excluding carboxylic acids is 1. The Morgan fingerprint density at radius 3 is 2.06 bits per heavy atom. The minimum absolute atomic E-state index is 0.389. The second-order valence-electron chi connectivity index (χ2n) is 4.09. The topological polar surface area (TPSA) is 29.1 Å². The van der Waals surface area contributed by atoms with Crippen molar-refractivity contribution in [1.29, 1.82) is 0 Å². The molecule has 6 heteroatoms. The summed E-state index contributed by atoms with van der Waals surface area (Å²) in [6.45, 7) is 0. The third-order valence-corrected chi connectivity index (χ3v) is 2.77. The van der Waals surface area contributed by atoms with E-state index in [1.807, 2.05) is 5.32 Å². The highest BCUT2D eigenvalue weighted by Crippen LogP contribution is 2.24. The summed E-state index contributed by atoms with van der Waals surface area (Å²) in [5, 5.41) is 2.01. The highest BCUT2D eigenvalue weighted by Gasteiger charge is 2.49. The lowest BCUT2D eigenvalue weighted by Crippen LogP contribution is -2.48. The molecule has 1 aliphatic carbocycles. The maximum atomic E-state index is 12.6. The molecule has 2 nitrogen and oxygen atoms in total. The first-order valence-corrected chi connectivity index (χ1v) is 5.41. The molecule has 1 fully saturated rings. The van der Waals surface area contributed by atoms with Crippen LogP contribution in [-0.2, 0) is 4.79 Å². The maximum absolute atomic E-state index is 12.6. The molecule has 0 heterocycles. The van der Waals surface area contributed by atoms with E-state index < -0.39 is 18.3 Å². The van der Waals surface area contributed by atoms with Crippen molar-refractivity contribution in [2.24, 2.45) is 0 Å². The average Bonchev–Trinajstić information content (AvgIpc) is 2.46. The molecule has 1 aliphatic rings. The summed E-state index contributed by atoms with van der Waals surface area (Å²) < 4.78 is 49.0. The lowest BCUT2D eigenvalue weighted by atomic mass is 10.1. The van der Waals surface area contributed by atoms with Crippen LogP contribution in [0.3, 0.4) is 0 Å². The van der Waals surface area contributed by atoms with E-state index in [0.717, 1.165) is 25.7 Å². The van der Waals surface area contributed by atoms with E-state index in [2.05, 4.69) is 0 Å². The molecule has 94 valence electrons. The summed E-state index contributed by atoms with van der Waals surface area (Å²) in [7, 11) is 0. The van der Waals surface area contributed by atoms with Crippen LogP contribution in [0.4, 0.5) is 17.6 Å². The number of alkyl halides is 4. The lowest BCUT2D eigenvalue weighted by Gasteiger charge is -2.20. The fourth-order valence-electron chi connectivity index (χ4n) is 1.80. The first kappa shape index (κ1) is 13.3. The van der Waals surface area contributed by atoms with Crippen LogP contribution in [0.2, 0.25) is 0 Å². The van der Waals surface area contributed by atoms with Gasteiger partial charge in [0.1, 0.15) is 0 Å². The van der Waals surface area contributed by atoms with E-state index in [4.69, 9.17) is 0 Å². The van der Waals surface area contributed by atoms with Gasteiger partial charge >= 0.3 is 12.3 Å². The first-order valence-electron chi connectivity index (χ1n) is 5.41. The van der Waals surface area contributed by atoms with E-state index in [-0.39, 0.29) is 6.04 Å². The highest BCUT2D eigenvalue weighted by molar-refractivity contribution is 5.84. The second-order valence-corrected chi connectivity index (χ2v) is 4.09. The van der Waals surface area contributed by atoms with E-state index in [1.165, 1.54) is 0 Å². The number of carbonyl (C=O) groups is 1. The summed E-state index contributed by atoms with van der Waals surface area (Å²) in [5.74, 6) is -6.43. The predicted octanol–water partition coefficient (Wildman–Crippen LogP) is 2.73. The van der Waals surface area contributed by atoms with Gasteiger partial charge in [0, 0.05) is 6.04 Å². The third kappa shape index (κ3) is 3.35. The Bertz CT molecular complexity index is 237. The van der Waals surface area contributed by atoms with Crippen LogP contribution in [-0.4, -0.2) is 24.3 Å². The third-order valence-electron chi connectivity index (χ3n) is 2.77. The quantitative estimate of drug-likeness (QED) is 0.597. The summed E-state index contributed by atoms with van der Waals surface area (Å²) in [4.78, 5) is 10.9. The summed E-state index contributed by atoms with van der Waals surface area (Å²) in [6, 6.07) is -0.389. The highest BCUT2D eigenvalue weighted by atomic mass is 19.3. The Labute approximate surface area is 91.4 Å². The van der Waals surface area contributed by atoms with Gasteiger partial charge in [0.2, 0.25) is 0 Å². The number of nitrogens with one attached hydrogen (secondary N) is 1. The van der Waals surface area contributed by atoms with Gasteiger partial charge in [-0.15, -0.1) is 0 Å². The number of halogens is 4. The maximum Gasteiger partial charge on any atom is 0.383 e. The van der Waals surface area contributed by atoms with Crippen molar-refractivity contribution in [2.45, 2.75) is 56.9 Å². The van der Waals surface area contributed by atoms with Gasteiger partial charge in [-0.25, -0.2) is 8.78 Å². The Morgan fingerprint density at radius 2 is 1.62 bits per heavy atom. The molecule has 0 atom stereocenters. The zero-order valence-corrected chi connectivity index (χ0v) is 8.82. The smallest absolute Gasteiger partial charge is 0.348 e. The molecule has 1 rings (SSSR count). The molecule has 0 unspecified atom stereocenters. The zero-order chi connectivity index (χ0) is 12.2. The fourth-order valence-corrected chi connectivity index (χ4v) is 1.80. The molecule has 0 saturated heterocycles. The molecule has 0 spiro atoms. The second kappa shape index (κ2) is 5.50. The number of amides is 1. The Balaban J connectivity index is 2.49. The van der Waals surface area contributed by atoms with Gasteiger partial charge in [-0.3, -0.25) is 4.79 Å². The van der Waals surface area contributed by atoms with Crippen molar-refractivity contribution >= 4 is 5.91 Å². The van der Waals surface area contributed by atoms with Crippen molar-refractivity contribution in [3.8, 4) is 0 Å². The fraction of sp³-hybridized carbons (Fsp3) is 0.900. The first-order chi connectivity index (χ1) is 7.44. The largest absolute Gasteiger partial charge is 0.383 e. The summed E-state index contributed by atoms with van der Waals surface area (Å²) >= 11 is 0. The van der Waals surface area contributed by atoms with Crippen LogP contribution >= 0.6 is 0 Å². The van der Waals surface area contributed by atoms with Crippen molar-refractivity contribution in [3.63, 3.8) is 0 Å². The number of hydrogen-bond donors (Lipinski definition) is 1. The van der Waals surface area contributed by atoms with Crippen LogP contribution in [0.15, 0.2) is 0 Å². The van der Waals surface area contributed by atoms with Crippen LogP contribution in [0, 0.1) is 0 Å². The van der Waals surface area contributed by atoms with Gasteiger partial charge in [0.25, 0.3) is 5.91 Å². The lowest BCUT2D eigenvalue weighted by molar-refractivity contribution is -0.170. The van der Waals surface area contributed by atoms with Crippen molar-refractivity contribution in [3.05, 3.63) is 0 Å². The van der Waals surface area contributed by atoms with Crippen LogP contribution in [0.1, 0.15) is 38.5 Å². The van der Waals surface area contributed by atoms with Gasteiger partial charge in [0.05, 0.1) is 0 Å². The van der Waals surface area contributed by atoms with Crippen molar-refractivity contribution < 1.29 is 22.4 Å². The normalized spacial score (nSPS) is 19.6. The van der Waals surface area contributed by atoms with Gasteiger partial charge in [-0.1, -0.05) is 25.7 Å². The van der Waals surface area contributed by atoms with Crippen LogP contribution in [0.25, 0.3) is 0 Å². The molecule has 1 N–H and O–H groups in total. The molecular weight excluding hydrogens is 226 g/mol. The summed E-state index contributed by atoms with van der Waals surface area (Å²) in [5.41, 5.74) is 0. The Kier molecular flexibility index (Phi) is 4.56. The van der Waals surface area contributed by atoms with E-state index in [0.29, 0.717) is 12.8 Å². The minimum Gasteiger partial charge on any atom is -0.348 e. The van der Waals surface area contributed by atoms with E-state index >= 15 is 0 Å². The van der Waals surface area contributed by atoms with Gasteiger partial charge in [-0.05, 0) is 12.8 Å². The summed E-state index contributed by atoms with van der Waals surface area (Å²) in [6.07, 6.45) is 0.903. The SMILES string of the molecule is O=C(NC1CCCCCC1)C(F)(F)C(F)F. The minimum atomic E-state index is -4.58. The van der Waals surface area contributed by atoms with Crippen molar-refractivity contribution in [2.75, 3.05) is 0 Å².